The maximum atomic E-state index is 12.3. The number of aromatic nitrogens is 3. The highest BCUT2D eigenvalue weighted by Gasteiger charge is 2.22. The minimum Gasteiger partial charge on any atom is -0.342 e. The number of hydrogen-bond donors (Lipinski definition) is 1. The third kappa shape index (κ3) is 2.82. The van der Waals surface area contributed by atoms with E-state index in [1.807, 2.05) is 6.92 Å². The average Bonchev–Trinajstić information content (AvgIpc) is 3.04. The molecule has 1 aliphatic rings. The van der Waals surface area contributed by atoms with Crippen LogP contribution in [0.5, 0.6) is 0 Å². The molecule has 2 heterocycles. The topological polar surface area (TPSA) is 59.8 Å². The zero-order valence-corrected chi connectivity index (χ0v) is 13.8. The fraction of sp³-hybridized carbons (Fsp3) is 0.357. The van der Waals surface area contributed by atoms with Crippen molar-refractivity contribution in [3.05, 3.63) is 44.9 Å². The Labute approximate surface area is 135 Å². The maximum Gasteiger partial charge on any atom is 0.251 e. The van der Waals surface area contributed by atoms with Crippen molar-refractivity contribution in [3.8, 4) is 0 Å². The van der Waals surface area contributed by atoms with Gasteiger partial charge in [-0.15, -0.1) is 10.2 Å². The molecule has 0 saturated heterocycles. The quantitative estimate of drug-likeness (QED) is 0.904. The SMILES string of the molecule is CC(NC(=O)c1ccc(Cl)c(Br)c1)c1nnc2n1CCC2. The van der Waals surface area contributed by atoms with E-state index in [1.54, 1.807) is 18.2 Å². The first-order valence-corrected chi connectivity index (χ1v) is 7.91. The van der Waals surface area contributed by atoms with Crippen molar-refractivity contribution in [3.63, 3.8) is 0 Å². The normalized spacial score (nSPS) is 14.8. The number of nitrogens with one attached hydrogen (secondary N) is 1. The molecule has 0 spiro atoms. The summed E-state index contributed by atoms with van der Waals surface area (Å²) < 4.78 is 2.79. The molecule has 7 heteroatoms. The van der Waals surface area contributed by atoms with Gasteiger partial charge in [0, 0.05) is 23.0 Å². The van der Waals surface area contributed by atoms with Gasteiger partial charge in [0.05, 0.1) is 11.1 Å². The second kappa shape index (κ2) is 5.77. The predicted octanol–water partition coefficient (Wildman–Crippen LogP) is 3.13. The van der Waals surface area contributed by atoms with Gasteiger partial charge in [-0.2, -0.15) is 0 Å². The molecule has 0 bridgehead atoms. The number of hydrogen-bond acceptors (Lipinski definition) is 3. The van der Waals surface area contributed by atoms with Gasteiger partial charge in [0.15, 0.2) is 5.82 Å². The molecule has 2 aromatic rings. The van der Waals surface area contributed by atoms with Crippen molar-refractivity contribution in [1.29, 1.82) is 0 Å². The summed E-state index contributed by atoms with van der Waals surface area (Å²) in [6.45, 7) is 2.84. The molecule has 0 fully saturated rings. The fourth-order valence-electron chi connectivity index (χ4n) is 2.48. The lowest BCUT2D eigenvalue weighted by atomic mass is 10.2. The van der Waals surface area contributed by atoms with Crippen LogP contribution in [-0.2, 0) is 13.0 Å². The van der Waals surface area contributed by atoms with Crippen LogP contribution in [0.1, 0.15) is 41.4 Å². The van der Waals surface area contributed by atoms with Gasteiger partial charge in [0.2, 0.25) is 0 Å². The number of carbonyl (C=O) groups is 1. The molecule has 1 N–H and O–H groups in total. The largest absolute Gasteiger partial charge is 0.342 e. The van der Waals surface area contributed by atoms with Crippen LogP contribution < -0.4 is 5.32 Å². The van der Waals surface area contributed by atoms with Crippen molar-refractivity contribution in [2.75, 3.05) is 0 Å². The van der Waals surface area contributed by atoms with Gasteiger partial charge in [-0.25, -0.2) is 0 Å². The van der Waals surface area contributed by atoms with E-state index < -0.39 is 0 Å². The summed E-state index contributed by atoms with van der Waals surface area (Å²) in [6.07, 6.45) is 2.04. The van der Waals surface area contributed by atoms with Crippen molar-refractivity contribution in [1.82, 2.24) is 20.1 Å². The van der Waals surface area contributed by atoms with Gasteiger partial charge in [-0.1, -0.05) is 11.6 Å². The van der Waals surface area contributed by atoms with E-state index in [-0.39, 0.29) is 11.9 Å². The van der Waals surface area contributed by atoms with Crippen LogP contribution in [0.15, 0.2) is 22.7 Å². The molecule has 1 aromatic carbocycles. The Morgan fingerprint density at radius 3 is 3.05 bits per heavy atom. The van der Waals surface area contributed by atoms with Gasteiger partial charge in [0.1, 0.15) is 5.82 Å². The molecular weight excluding hydrogens is 356 g/mol. The standard InChI is InChI=1S/C14H14BrClN4O/c1-8(13-19-18-12-3-2-6-20(12)13)17-14(21)9-4-5-11(16)10(15)7-9/h4-5,7-8H,2-3,6H2,1H3,(H,17,21). The summed E-state index contributed by atoms with van der Waals surface area (Å²) in [6, 6.07) is 4.91. The Morgan fingerprint density at radius 1 is 1.48 bits per heavy atom. The monoisotopic (exact) mass is 368 g/mol. The fourth-order valence-corrected chi connectivity index (χ4v) is 2.97. The minimum atomic E-state index is -0.189. The number of carbonyl (C=O) groups excluding carboxylic acids is 1. The lowest BCUT2D eigenvalue weighted by Crippen LogP contribution is -2.28. The Kier molecular flexibility index (Phi) is 3.99. The Bertz CT molecular complexity index is 700. The van der Waals surface area contributed by atoms with E-state index in [9.17, 15) is 4.79 Å². The van der Waals surface area contributed by atoms with E-state index in [0.29, 0.717) is 15.1 Å². The maximum absolute atomic E-state index is 12.3. The number of benzene rings is 1. The second-order valence-corrected chi connectivity index (χ2v) is 6.32. The van der Waals surface area contributed by atoms with Crippen molar-refractivity contribution in [2.24, 2.45) is 0 Å². The van der Waals surface area contributed by atoms with E-state index in [4.69, 9.17) is 11.6 Å². The second-order valence-electron chi connectivity index (χ2n) is 5.05. The van der Waals surface area contributed by atoms with Gasteiger partial charge < -0.3 is 9.88 Å². The van der Waals surface area contributed by atoms with Crippen molar-refractivity contribution >= 4 is 33.4 Å². The predicted molar refractivity (Wildman–Crippen MR) is 83.4 cm³/mol. The van der Waals surface area contributed by atoms with Gasteiger partial charge >= 0.3 is 0 Å². The van der Waals surface area contributed by atoms with Crippen LogP contribution >= 0.6 is 27.5 Å². The lowest BCUT2D eigenvalue weighted by molar-refractivity contribution is 0.0937. The van der Waals surface area contributed by atoms with Gasteiger partial charge in [-0.05, 0) is 47.5 Å². The molecule has 0 aliphatic carbocycles. The van der Waals surface area contributed by atoms with Gasteiger partial charge in [0.25, 0.3) is 5.91 Å². The van der Waals surface area contributed by atoms with Crippen LogP contribution in [0.4, 0.5) is 0 Å². The number of fused-ring (bicyclic) bond motifs is 1. The third-order valence-electron chi connectivity index (χ3n) is 3.55. The molecule has 3 rings (SSSR count). The molecule has 1 atom stereocenters. The van der Waals surface area contributed by atoms with Crippen LogP contribution in [0.2, 0.25) is 5.02 Å². The molecule has 1 aromatic heterocycles. The molecule has 1 unspecified atom stereocenters. The first kappa shape index (κ1) is 14.5. The first-order chi connectivity index (χ1) is 10.1. The van der Waals surface area contributed by atoms with E-state index >= 15 is 0 Å². The van der Waals surface area contributed by atoms with Crippen LogP contribution in [0.3, 0.4) is 0 Å². The average molecular weight is 370 g/mol. The zero-order valence-electron chi connectivity index (χ0n) is 11.4. The first-order valence-electron chi connectivity index (χ1n) is 6.74. The Balaban J connectivity index is 1.76. The molecule has 110 valence electrons. The summed E-state index contributed by atoms with van der Waals surface area (Å²) in [5.41, 5.74) is 0.555. The summed E-state index contributed by atoms with van der Waals surface area (Å²) in [5.74, 6) is 1.65. The number of amides is 1. The lowest BCUT2D eigenvalue weighted by Gasteiger charge is -2.14. The van der Waals surface area contributed by atoms with Crippen LogP contribution in [0, 0.1) is 0 Å². The highest BCUT2D eigenvalue weighted by atomic mass is 79.9. The summed E-state index contributed by atoms with van der Waals surface area (Å²) in [4.78, 5) is 12.3. The molecule has 1 amide bonds. The Hall–Kier alpha value is -1.40. The molecule has 5 nitrogen and oxygen atoms in total. The minimum absolute atomic E-state index is 0.157. The Morgan fingerprint density at radius 2 is 2.29 bits per heavy atom. The third-order valence-corrected chi connectivity index (χ3v) is 4.77. The van der Waals surface area contributed by atoms with Crippen LogP contribution in [0.25, 0.3) is 0 Å². The van der Waals surface area contributed by atoms with Crippen LogP contribution in [-0.4, -0.2) is 20.7 Å². The summed E-state index contributed by atoms with van der Waals surface area (Å²) in [5, 5.41) is 11.9. The van der Waals surface area contributed by atoms with Crippen molar-refractivity contribution in [2.45, 2.75) is 32.4 Å². The van der Waals surface area contributed by atoms with E-state index in [0.717, 1.165) is 31.0 Å². The summed E-state index contributed by atoms with van der Waals surface area (Å²) in [7, 11) is 0. The molecular formula is C14H14BrClN4O. The number of rotatable bonds is 3. The number of halogens is 2. The van der Waals surface area contributed by atoms with Gasteiger partial charge in [-0.3, -0.25) is 4.79 Å². The molecule has 0 saturated carbocycles. The van der Waals surface area contributed by atoms with Crippen molar-refractivity contribution < 1.29 is 4.79 Å². The highest BCUT2D eigenvalue weighted by molar-refractivity contribution is 9.10. The zero-order chi connectivity index (χ0) is 15.0. The number of aryl methyl sites for hydroxylation is 1. The smallest absolute Gasteiger partial charge is 0.251 e. The molecule has 1 aliphatic heterocycles. The molecule has 21 heavy (non-hydrogen) atoms. The van der Waals surface area contributed by atoms with E-state index in [2.05, 4.69) is 36.0 Å². The molecule has 0 radical (unpaired) electrons. The highest BCUT2D eigenvalue weighted by Crippen LogP contribution is 2.24. The van der Waals surface area contributed by atoms with E-state index in [1.165, 1.54) is 0 Å². The summed E-state index contributed by atoms with van der Waals surface area (Å²) >= 11 is 9.26. The number of nitrogens with zero attached hydrogens (tertiary/aromatic N) is 3.